The van der Waals surface area contributed by atoms with E-state index in [4.69, 9.17) is 4.74 Å². The van der Waals surface area contributed by atoms with E-state index in [-0.39, 0.29) is 15.6 Å². The molecular formula is C25H21FN2O4S. The number of aromatic nitrogens is 2. The molecule has 0 aliphatic carbocycles. The number of hydrogen-bond acceptors (Lipinski definition) is 5. The van der Waals surface area contributed by atoms with Gasteiger partial charge in [0.05, 0.1) is 17.7 Å². The fourth-order valence-corrected chi connectivity index (χ4v) is 5.01. The number of carbonyl (C=O) groups is 1. The minimum Gasteiger partial charge on any atom is -0.468 e. The number of benzene rings is 3. The molecule has 0 fully saturated rings. The number of sulfone groups is 1. The predicted octanol–water partition coefficient (Wildman–Crippen LogP) is 4.46. The first-order valence-corrected chi connectivity index (χ1v) is 11.6. The molecule has 33 heavy (non-hydrogen) atoms. The van der Waals surface area contributed by atoms with E-state index >= 15 is 0 Å². The van der Waals surface area contributed by atoms with Crippen molar-refractivity contribution in [2.75, 3.05) is 7.11 Å². The summed E-state index contributed by atoms with van der Waals surface area (Å²) in [5.41, 5.74) is 2.01. The van der Waals surface area contributed by atoms with Gasteiger partial charge in [0.25, 0.3) is 0 Å². The predicted molar refractivity (Wildman–Crippen MR) is 120 cm³/mol. The summed E-state index contributed by atoms with van der Waals surface area (Å²) in [6.07, 6.45) is 1.32. The van der Waals surface area contributed by atoms with E-state index in [0.717, 1.165) is 5.56 Å². The van der Waals surface area contributed by atoms with E-state index in [1.54, 1.807) is 42.5 Å². The SMILES string of the molecule is COC(=O)C(c1ccccc1)c1c(S(=O)(=O)c2ccc(C)cc2)ncn1-c1ccc(F)cc1. The van der Waals surface area contributed by atoms with Crippen molar-refractivity contribution in [2.24, 2.45) is 0 Å². The zero-order valence-electron chi connectivity index (χ0n) is 18.0. The molecule has 0 radical (unpaired) electrons. The molecule has 6 nitrogen and oxygen atoms in total. The molecule has 0 aliphatic heterocycles. The van der Waals surface area contributed by atoms with E-state index in [2.05, 4.69) is 4.98 Å². The van der Waals surface area contributed by atoms with Gasteiger partial charge in [0.15, 0.2) is 5.03 Å². The first kappa shape index (κ1) is 22.4. The van der Waals surface area contributed by atoms with Crippen molar-refractivity contribution in [3.05, 3.63) is 108 Å². The molecular weight excluding hydrogens is 443 g/mol. The number of hydrogen-bond donors (Lipinski definition) is 0. The fraction of sp³-hybridized carbons (Fsp3) is 0.120. The van der Waals surface area contributed by atoms with Gasteiger partial charge in [-0.3, -0.25) is 4.79 Å². The largest absolute Gasteiger partial charge is 0.468 e. The Kier molecular flexibility index (Phi) is 6.11. The van der Waals surface area contributed by atoms with Gasteiger partial charge < -0.3 is 9.30 Å². The van der Waals surface area contributed by atoms with Crippen molar-refractivity contribution in [2.45, 2.75) is 22.8 Å². The maximum atomic E-state index is 13.6. The fourth-order valence-electron chi connectivity index (χ4n) is 3.62. The lowest BCUT2D eigenvalue weighted by Gasteiger charge is -2.19. The van der Waals surface area contributed by atoms with Crippen LogP contribution in [0, 0.1) is 12.7 Å². The van der Waals surface area contributed by atoms with Crippen molar-refractivity contribution in [1.82, 2.24) is 9.55 Å². The summed E-state index contributed by atoms with van der Waals surface area (Å²) in [4.78, 5) is 17.3. The average molecular weight is 465 g/mol. The standard InChI is InChI=1S/C25H21FN2O4S/c1-17-8-14-21(15-9-17)33(30,31)24-23(22(25(29)32-2)18-6-4-3-5-7-18)28(16-27-24)20-12-10-19(26)11-13-20/h3-16,22H,1-2H3. The van der Waals surface area contributed by atoms with Crippen LogP contribution in [0.5, 0.6) is 0 Å². The summed E-state index contributed by atoms with van der Waals surface area (Å²) in [5.74, 6) is -2.18. The van der Waals surface area contributed by atoms with Crippen LogP contribution in [0.3, 0.4) is 0 Å². The minimum absolute atomic E-state index is 0.0513. The van der Waals surface area contributed by atoms with Crippen LogP contribution in [0.1, 0.15) is 22.7 Å². The molecule has 8 heteroatoms. The number of aryl methyl sites for hydroxylation is 1. The quantitative estimate of drug-likeness (QED) is 0.394. The number of rotatable bonds is 6. The van der Waals surface area contributed by atoms with Crippen molar-refractivity contribution in [3.63, 3.8) is 0 Å². The summed E-state index contributed by atoms with van der Waals surface area (Å²) in [5, 5.41) is -0.269. The number of imidazole rings is 1. The van der Waals surface area contributed by atoms with Crippen LogP contribution in [0.25, 0.3) is 5.69 Å². The molecule has 0 saturated heterocycles. The van der Waals surface area contributed by atoms with Crippen LogP contribution < -0.4 is 0 Å². The molecule has 4 rings (SSSR count). The molecule has 1 atom stereocenters. The van der Waals surface area contributed by atoms with Gasteiger partial charge in [-0.1, -0.05) is 48.0 Å². The van der Waals surface area contributed by atoms with Crippen LogP contribution in [-0.2, 0) is 19.4 Å². The molecule has 0 amide bonds. The van der Waals surface area contributed by atoms with Crippen LogP contribution in [0.4, 0.5) is 4.39 Å². The Hall–Kier alpha value is -3.78. The third-order valence-corrected chi connectivity index (χ3v) is 7.02. The Bertz CT molecular complexity index is 1380. The van der Waals surface area contributed by atoms with Crippen LogP contribution in [0.15, 0.2) is 95.1 Å². The zero-order valence-corrected chi connectivity index (χ0v) is 18.8. The van der Waals surface area contributed by atoms with Crippen molar-refractivity contribution in [3.8, 4) is 5.69 Å². The highest BCUT2D eigenvalue weighted by molar-refractivity contribution is 7.91. The molecule has 1 aromatic heterocycles. The van der Waals surface area contributed by atoms with Gasteiger partial charge in [-0.25, -0.2) is 17.8 Å². The van der Waals surface area contributed by atoms with Crippen molar-refractivity contribution in [1.29, 1.82) is 0 Å². The Morgan fingerprint density at radius 2 is 1.61 bits per heavy atom. The molecule has 0 saturated carbocycles. The highest BCUT2D eigenvalue weighted by Crippen LogP contribution is 2.35. The van der Waals surface area contributed by atoms with E-state index in [0.29, 0.717) is 11.3 Å². The Morgan fingerprint density at radius 3 is 2.21 bits per heavy atom. The summed E-state index contributed by atoms with van der Waals surface area (Å²) < 4.78 is 47.3. The van der Waals surface area contributed by atoms with Gasteiger partial charge in [-0.05, 0) is 48.9 Å². The highest BCUT2D eigenvalue weighted by atomic mass is 32.2. The van der Waals surface area contributed by atoms with Crippen molar-refractivity contribution >= 4 is 15.8 Å². The number of carbonyl (C=O) groups excluding carboxylic acids is 1. The molecule has 0 aliphatic rings. The Morgan fingerprint density at radius 1 is 0.970 bits per heavy atom. The second kappa shape index (κ2) is 8.99. The van der Waals surface area contributed by atoms with Crippen LogP contribution in [0.2, 0.25) is 0 Å². The third-order valence-electron chi connectivity index (χ3n) is 5.30. The first-order valence-electron chi connectivity index (χ1n) is 10.1. The van der Waals surface area contributed by atoms with E-state index in [9.17, 15) is 17.6 Å². The lowest BCUT2D eigenvalue weighted by Crippen LogP contribution is -2.21. The molecule has 168 valence electrons. The molecule has 0 spiro atoms. The molecule has 1 unspecified atom stereocenters. The summed E-state index contributed by atoms with van der Waals surface area (Å²) in [6.45, 7) is 1.85. The van der Waals surface area contributed by atoms with E-state index in [1.807, 2.05) is 6.92 Å². The summed E-state index contributed by atoms with van der Waals surface area (Å²) in [7, 11) is -2.85. The van der Waals surface area contributed by atoms with Gasteiger partial charge in [-0.2, -0.15) is 0 Å². The maximum absolute atomic E-state index is 13.6. The smallest absolute Gasteiger partial charge is 0.319 e. The van der Waals surface area contributed by atoms with E-state index < -0.39 is 27.5 Å². The van der Waals surface area contributed by atoms with E-state index in [1.165, 1.54) is 54.4 Å². The maximum Gasteiger partial charge on any atom is 0.319 e. The van der Waals surface area contributed by atoms with Gasteiger partial charge in [0.2, 0.25) is 9.84 Å². The van der Waals surface area contributed by atoms with Crippen LogP contribution in [-0.4, -0.2) is 31.0 Å². The second-order valence-electron chi connectivity index (χ2n) is 7.46. The Labute approximate surface area is 191 Å². The van der Waals surface area contributed by atoms with Gasteiger partial charge in [-0.15, -0.1) is 0 Å². The topological polar surface area (TPSA) is 78.3 Å². The molecule has 4 aromatic rings. The lowest BCUT2D eigenvalue weighted by atomic mass is 9.96. The molecule has 3 aromatic carbocycles. The van der Waals surface area contributed by atoms with Crippen molar-refractivity contribution < 1.29 is 22.3 Å². The minimum atomic E-state index is -4.09. The normalized spacial score (nSPS) is 12.3. The van der Waals surface area contributed by atoms with Gasteiger partial charge >= 0.3 is 5.97 Å². The average Bonchev–Trinajstić information content (AvgIpc) is 3.26. The Balaban J connectivity index is 2.01. The molecule has 1 heterocycles. The number of nitrogens with zero attached hydrogens (tertiary/aromatic N) is 2. The number of ether oxygens (including phenoxy) is 1. The second-order valence-corrected chi connectivity index (χ2v) is 9.33. The molecule has 0 N–H and O–H groups in total. The number of methoxy groups -OCH3 is 1. The monoisotopic (exact) mass is 464 g/mol. The highest BCUT2D eigenvalue weighted by Gasteiger charge is 2.36. The molecule has 0 bridgehead atoms. The lowest BCUT2D eigenvalue weighted by molar-refractivity contribution is -0.141. The third kappa shape index (κ3) is 4.29. The van der Waals surface area contributed by atoms with Crippen LogP contribution >= 0.6 is 0 Å². The number of halogens is 1. The summed E-state index contributed by atoms with van der Waals surface area (Å²) >= 11 is 0. The van der Waals surface area contributed by atoms with Gasteiger partial charge in [0.1, 0.15) is 18.1 Å². The summed E-state index contributed by atoms with van der Waals surface area (Å²) in [6, 6.07) is 20.6. The van der Waals surface area contributed by atoms with Gasteiger partial charge in [0, 0.05) is 5.69 Å². The zero-order chi connectivity index (χ0) is 23.6. The first-order chi connectivity index (χ1) is 15.8. The number of esters is 1.